The minimum absolute atomic E-state index is 0.254. The van der Waals surface area contributed by atoms with E-state index in [0.29, 0.717) is 26.1 Å². The molecule has 0 saturated heterocycles. The molecule has 0 aliphatic rings. The molecule has 5 nitrogen and oxygen atoms in total. The van der Waals surface area contributed by atoms with Crippen LogP contribution in [0.2, 0.25) is 0 Å². The third-order valence-corrected chi connectivity index (χ3v) is 5.22. The van der Waals surface area contributed by atoms with E-state index in [4.69, 9.17) is 4.74 Å². The zero-order valence-corrected chi connectivity index (χ0v) is 17.8. The summed E-state index contributed by atoms with van der Waals surface area (Å²) in [5.74, 6) is 0.211. The average molecular weight is 420 g/mol. The number of carboxylic acids is 1. The first-order valence-corrected chi connectivity index (χ1v) is 10.6. The van der Waals surface area contributed by atoms with Crippen molar-refractivity contribution in [3.8, 4) is 11.5 Å². The third kappa shape index (κ3) is 6.86. The highest BCUT2D eigenvalue weighted by Crippen LogP contribution is 2.20. The quantitative estimate of drug-likeness (QED) is 0.464. The number of aromatic hydroxyl groups is 1. The van der Waals surface area contributed by atoms with Crippen molar-refractivity contribution in [1.82, 2.24) is 4.90 Å². The fourth-order valence-electron chi connectivity index (χ4n) is 3.60. The maximum absolute atomic E-state index is 11.8. The van der Waals surface area contributed by atoms with E-state index in [1.807, 2.05) is 78.6 Å². The summed E-state index contributed by atoms with van der Waals surface area (Å²) < 4.78 is 5.92. The second-order valence-corrected chi connectivity index (χ2v) is 7.57. The Hall–Kier alpha value is -3.31. The molecule has 0 aliphatic carbocycles. The Balaban J connectivity index is 1.66. The van der Waals surface area contributed by atoms with Gasteiger partial charge in [0.1, 0.15) is 17.5 Å². The van der Waals surface area contributed by atoms with E-state index in [2.05, 4.69) is 0 Å². The van der Waals surface area contributed by atoms with Crippen LogP contribution in [0.4, 0.5) is 0 Å². The van der Waals surface area contributed by atoms with Crippen LogP contribution in [0.15, 0.2) is 78.9 Å². The SMILES string of the molecule is CCC(C(=O)O)N(Cc1ccccc1)Cc1cccc(OCCc2ccc(O)cc2)c1. The van der Waals surface area contributed by atoms with E-state index in [0.717, 1.165) is 28.9 Å². The number of ether oxygens (including phenoxy) is 1. The zero-order chi connectivity index (χ0) is 22.1. The molecule has 0 radical (unpaired) electrons. The van der Waals surface area contributed by atoms with Crippen molar-refractivity contribution in [2.75, 3.05) is 6.61 Å². The summed E-state index contributed by atoms with van der Waals surface area (Å²) in [6, 6.07) is 24.3. The van der Waals surface area contributed by atoms with Gasteiger partial charge in [0.2, 0.25) is 0 Å². The minimum atomic E-state index is -0.806. The third-order valence-electron chi connectivity index (χ3n) is 5.22. The van der Waals surface area contributed by atoms with Crippen LogP contribution < -0.4 is 4.74 Å². The van der Waals surface area contributed by atoms with Gasteiger partial charge < -0.3 is 14.9 Å². The fourth-order valence-corrected chi connectivity index (χ4v) is 3.60. The summed E-state index contributed by atoms with van der Waals surface area (Å²) in [6.45, 7) is 3.51. The Morgan fingerprint density at radius 1 is 0.903 bits per heavy atom. The summed E-state index contributed by atoms with van der Waals surface area (Å²) in [4.78, 5) is 13.8. The lowest BCUT2D eigenvalue weighted by atomic mass is 10.1. The molecule has 5 heteroatoms. The molecule has 2 N–H and O–H groups in total. The monoisotopic (exact) mass is 419 g/mol. The smallest absolute Gasteiger partial charge is 0.320 e. The first-order chi connectivity index (χ1) is 15.0. The van der Waals surface area contributed by atoms with Crippen LogP contribution in [0.3, 0.4) is 0 Å². The number of phenols is 1. The largest absolute Gasteiger partial charge is 0.508 e. The molecule has 0 heterocycles. The summed E-state index contributed by atoms with van der Waals surface area (Å²) in [6.07, 6.45) is 1.27. The van der Waals surface area contributed by atoms with Crippen LogP contribution in [-0.2, 0) is 24.3 Å². The average Bonchev–Trinajstić information content (AvgIpc) is 2.76. The maximum atomic E-state index is 11.8. The van der Waals surface area contributed by atoms with Gasteiger partial charge in [0.05, 0.1) is 6.61 Å². The molecular weight excluding hydrogens is 390 g/mol. The van der Waals surface area contributed by atoms with Crippen LogP contribution >= 0.6 is 0 Å². The highest BCUT2D eigenvalue weighted by molar-refractivity contribution is 5.73. The molecular formula is C26H29NO4. The first kappa shape index (κ1) is 22.4. The second kappa shape index (κ2) is 11.2. The van der Waals surface area contributed by atoms with E-state index < -0.39 is 12.0 Å². The highest BCUT2D eigenvalue weighted by atomic mass is 16.5. The zero-order valence-electron chi connectivity index (χ0n) is 17.8. The molecule has 1 unspecified atom stereocenters. The molecule has 3 aromatic rings. The van der Waals surface area contributed by atoms with Crippen molar-refractivity contribution in [2.24, 2.45) is 0 Å². The fraction of sp³-hybridized carbons (Fsp3) is 0.269. The first-order valence-electron chi connectivity index (χ1n) is 10.6. The molecule has 31 heavy (non-hydrogen) atoms. The van der Waals surface area contributed by atoms with Crippen LogP contribution in [0.5, 0.6) is 11.5 Å². The molecule has 0 saturated carbocycles. The molecule has 3 aromatic carbocycles. The molecule has 0 fully saturated rings. The lowest BCUT2D eigenvalue weighted by Gasteiger charge is -2.28. The van der Waals surface area contributed by atoms with Gasteiger partial charge in [-0.3, -0.25) is 9.69 Å². The lowest BCUT2D eigenvalue weighted by molar-refractivity contribution is -0.144. The molecule has 3 rings (SSSR count). The van der Waals surface area contributed by atoms with Gasteiger partial charge in [-0.25, -0.2) is 0 Å². The van der Waals surface area contributed by atoms with Gasteiger partial charge >= 0.3 is 5.97 Å². The molecule has 162 valence electrons. The van der Waals surface area contributed by atoms with Crippen molar-refractivity contribution >= 4 is 5.97 Å². The molecule has 0 aliphatic heterocycles. The minimum Gasteiger partial charge on any atom is -0.508 e. The Morgan fingerprint density at radius 2 is 1.58 bits per heavy atom. The second-order valence-electron chi connectivity index (χ2n) is 7.57. The number of hydrogen-bond donors (Lipinski definition) is 2. The summed E-state index contributed by atoms with van der Waals surface area (Å²) in [7, 11) is 0. The lowest BCUT2D eigenvalue weighted by Crippen LogP contribution is -2.39. The van der Waals surface area contributed by atoms with Gasteiger partial charge in [0.15, 0.2) is 0 Å². The topological polar surface area (TPSA) is 70.0 Å². The van der Waals surface area contributed by atoms with Gasteiger partial charge in [0.25, 0.3) is 0 Å². The van der Waals surface area contributed by atoms with E-state index >= 15 is 0 Å². The summed E-state index contributed by atoms with van der Waals surface area (Å²) >= 11 is 0. The van der Waals surface area contributed by atoms with Crippen LogP contribution in [0.25, 0.3) is 0 Å². The molecule has 0 aromatic heterocycles. The van der Waals surface area contributed by atoms with Gasteiger partial charge in [0, 0.05) is 19.5 Å². The highest BCUT2D eigenvalue weighted by Gasteiger charge is 2.24. The predicted octanol–water partition coefficient (Wildman–Crippen LogP) is 4.88. The van der Waals surface area contributed by atoms with Gasteiger partial charge in [-0.1, -0.05) is 61.5 Å². The predicted molar refractivity (Wildman–Crippen MR) is 121 cm³/mol. The maximum Gasteiger partial charge on any atom is 0.320 e. The number of benzene rings is 3. The van der Waals surface area contributed by atoms with Crippen molar-refractivity contribution in [2.45, 2.75) is 38.9 Å². The molecule has 1 atom stereocenters. The van der Waals surface area contributed by atoms with E-state index in [-0.39, 0.29) is 5.75 Å². The molecule has 0 spiro atoms. The summed E-state index contributed by atoms with van der Waals surface area (Å²) in [5.41, 5.74) is 3.19. The van der Waals surface area contributed by atoms with Crippen LogP contribution in [0, 0.1) is 0 Å². The van der Waals surface area contributed by atoms with Crippen molar-refractivity contribution in [3.05, 3.63) is 95.6 Å². The van der Waals surface area contributed by atoms with Crippen LogP contribution in [-0.4, -0.2) is 33.7 Å². The standard InChI is InChI=1S/C26H29NO4/c1-2-25(26(29)30)27(18-21-7-4-3-5-8-21)19-22-9-6-10-24(17-22)31-16-15-20-11-13-23(28)14-12-20/h3-14,17,25,28H,2,15-16,18-19H2,1H3,(H,29,30). The van der Waals surface area contributed by atoms with Crippen molar-refractivity contribution in [1.29, 1.82) is 0 Å². The Morgan fingerprint density at radius 3 is 2.26 bits per heavy atom. The Bertz CT molecular complexity index is 957. The number of carboxylic acid groups (broad SMARTS) is 1. The van der Waals surface area contributed by atoms with E-state index in [9.17, 15) is 15.0 Å². The number of phenolic OH excluding ortho intramolecular Hbond substituents is 1. The normalized spacial score (nSPS) is 11.9. The Kier molecular flexibility index (Phi) is 8.07. The van der Waals surface area contributed by atoms with E-state index in [1.165, 1.54) is 0 Å². The Labute approximate surface area is 183 Å². The van der Waals surface area contributed by atoms with Crippen molar-refractivity contribution in [3.63, 3.8) is 0 Å². The van der Waals surface area contributed by atoms with E-state index in [1.54, 1.807) is 12.1 Å². The number of aliphatic carboxylic acids is 1. The van der Waals surface area contributed by atoms with Gasteiger partial charge in [-0.2, -0.15) is 0 Å². The molecule has 0 amide bonds. The number of hydrogen-bond acceptors (Lipinski definition) is 4. The number of carbonyl (C=O) groups is 1. The van der Waals surface area contributed by atoms with Crippen LogP contribution in [0.1, 0.15) is 30.0 Å². The number of rotatable bonds is 11. The summed E-state index contributed by atoms with van der Waals surface area (Å²) in [5, 5.41) is 19.1. The van der Waals surface area contributed by atoms with Gasteiger partial charge in [-0.05, 0) is 47.4 Å². The van der Waals surface area contributed by atoms with Crippen molar-refractivity contribution < 1.29 is 19.7 Å². The number of nitrogens with zero attached hydrogens (tertiary/aromatic N) is 1. The molecule has 0 bridgehead atoms. The van der Waals surface area contributed by atoms with Gasteiger partial charge in [-0.15, -0.1) is 0 Å².